The summed E-state index contributed by atoms with van der Waals surface area (Å²) in [7, 11) is 0. The van der Waals surface area contributed by atoms with Crippen molar-refractivity contribution < 1.29 is 0 Å². The van der Waals surface area contributed by atoms with E-state index in [9.17, 15) is 0 Å². The number of amidine groups is 2. The number of hydrogen-bond donors (Lipinski definition) is 2. The Balaban J connectivity index is 2.40. The van der Waals surface area contributed by atoms with Crippen molar-refractivity contribution in [3.63, 3.8) is 0 Å². The number of fused-ring (bicyclic) bond motifs is 1. The van der Waals surface area contributed by atoms with Crippen LogP contribution in [0, 0.1) is 10.8 Å². The van der Waals surface area contributed by atoms with Crippen molar-refractivity contribution in [2.45, 2.75) is 13.3 Å². The van der Waals surface area contributed by atoms with Crippen LogP contribution in [0.4, 0.5) is 0 Å². The van der Waals surface area contributed by atoms with E-state index in [0.717, 1.165) is 16.3 Å². The zero-order valence-corrected chi connectivity index (χ0v) is 12.1. The minimum absolute atomic E-state index is 0.297. The Morgan fingerprint density at radius 1 is 1.14 bits per heavy atom. The van der Waals surface area contributed by atoms with Gasteiger partial charge in [0.05, 0.1) is 0 Å². The van der Waals surface area contributed by atoms with Crippen LogP contribution in [0.15, 0.2) is 67.4 Å². The Bertz CT molecular complexity index is 713. The topological polar surface area (TPSA) is 50.9 Å². The van der Waals surface area contributed by atoms with E-state index in [1.807, 2.05) is 49.4 Å². The summed E-state index contributed by atoms with van der Waals surface area (Å²) >= 11 is 0. The first-order valence-corrected chi connectivity index (χ1v) is 6.91. The molecule has 0 aromatic heterocycles. The van der Waals surface area contributed by atoms with Gasteiger partial charge in [-0.25, -0.2) is 0 Å². The molecule has 0 saturated heterocycles. The third-order valence-corrected chi connectivity index (χ3v) is 3.26. The Kier molecular flexibility index (Phi) is 4.67. The van der Waals surface area contributed by atoms with Crippen LogP contribution in [-0.4, -0.2) is 16.6 Å². The second-order valence-electron chi connectivity index (χ2n) is 4.66. The third kappa shape index (κ3) is 3.26. The highest BCUT2D eigenvalue weighted by Gasteiger charge is 2.13. The molecule has 0 unspecified atom stereocenters. The molecule has 0 amide bonds. The Labute approximate surface area is 125 Å². The van der Waals surface area contributed by atoms with Crippen molar-refractivity contribution in [1.29, 1.82) is 10.8 Å². The highest BCUT2D eigenvalue weighted by atomic mass is 15.2. The fourth-order valence-corrected chi connectivity index (χ4v) is 2.09. The lowest BCUT2D eigenvalue weighted by Crippen LogP contribution is -2.31. The van der Waals surface area contributed by atoms with Crippen LogP contribution in [0.3, 0.4) is 0 Å². The predicted molar refractivity (Wildman–Crippen MR) is 90.0 cm³/mol. The van der Waals surface area contributed by atoms with Gasteiger partial charge in [0.2, 0.25) is 0 Å². The number of rotatable bonds is 4. The first-order chi connectivity index (χ1) is 10.2. The lowest BCUT2D eigenvalue weighted by Gasteiger charge is -2.21. The number of nitrogens with zero attached hydrogens (tertiary/aromatic N) is 1. The Morgan fingerprint density at radius 2 is 1.86 bits per heavy atom. The summed E-state index contributed by atoms with van der Waals surface area (Å²) in [5.74, 6) is 0.678. The molecule has 0 saturated carbocycles. The smallest absolute Gasteiger partial charge is 0.137 e. The summed E-state index contributed by atoms with van der Waals surface area (Å²) in [6.45, 7) is 5.54. The zero-order chi connectivity index (χ0) is 15.2. The minimum atomic E-state index is 0.297. The summed E-state index contributed by atoms with van der Waals surface area (Å²) in [4.78, 5) is 1.58. The fraction of sp³-hybridized carbons (Fsp3) is 0.111. The highest BCUT2D eigenvalue weighted by Crippen LogP contribution is 2.17. The molecule has 3 heteroatoms. The lowest BCUT2D eigenvalue weighted by molar-refractivity contribution is 0.782. The van der Waals surface area contributed by atoms with E-state index < -0.39 is 0 Å². The maximum atomic E-state index is 8.37. The van der Waals surface area contributed by atoms with Crippen LogP contribution in [-0.2, 0) is 0 Å². The van der Waals surface area contributed by atoms with E-state index in [4.69, 9.17) is 10.8 Å². The predicted octanol–water partition coefficient (Wildman–Crippen LogP) is 4.55. The van der Waals surface area contributed by atoms with Gasteiger partial charge in [-0.1, -0.05) is 56.0 Å². The van der Waals surface area contributed by atoms with E-state index in [1.165, 1.54) is 0 Å². The van der Waals surface area contributed by atoms with Crippen molar-refractivity contribution in [2.75, 3.05) is 0 Å². The Hall–Kier alpha value is -2.68. The monoisotopic (exact) mass is 277 g/mol. The molecule has 0 aliphatic carbocycles. The van der Waals surface area contributed by atoms with Gasteiger partial charge in [0.1, 0.15) is 11.7 Å². The molecule has 0 spiro atoms. The molecule has 2 rings (SSSR count). The highest BCUT2D eigenvalue weighted by molar-refractivity contribution is 6.09. The number of benzene rings is 2. The molecule has 0 bridgehead atoms. The maximum absolute atomic E-state index is 8.37. The molecule has 3 nitrogen and oxygen atoms in total. The molecular weight excluding hydrogens is 258 g/mol. The van der Waals surface area contributed by atoms with Crippen LogP contribution >= 0.6 is 0 Å². The number of nitrogens with one attached hydrogen (secondary N) is 2. The van der Waals surface area contributed by atoms with Crippen molar-refractivity contribution in [3.8, 4) is 0 Å². The second-order valence-corrected chi connectivity index (χ2v) is 4.66. The van der Waals surface area contributed by atoms with Crippen molar-refractivity contribution in [2.24, 2.45) is 0 Å². The molecule has 106 valence electrons. The summed E-state index contributed by atoms with van der Waals surface area (Å²) in [6, 6.07) is 14.0. The van der Waals surface area contributed by atoms with E-state index >= 15 is 0 Å². The van der Waals surface area contributed by atoms with Gasteiger partial charge < -0.3 is 0 Å². The summed E-state index contributed by atoms with van der Waals surface area (Å²) in [5.41, 5.74) is 0.792. The SMILES string of the molecule is C=C/C=C/N(C(=N)CC)C(=N)c1ccc2ccccc2c1. The van der Waals surface area contributed by atoms with Gasteiger partial charge in [0.15, 0.2) is 0 Å². The normalized spacial score (nSPS) is 10.7. The average Bonchev–Trinajstić information content (AvgIpc) is 2.54. The van der Waals surface area contributed by atoms with Crippen LogP contribution < -0.4 is 0 Å². The molecule has 0 atom stereocenters. The van der Waals surface area contributed by atoms with Gasteiger partial charge in [0, 0.05) is 18.2 Å². The molecular formula is C18H19N3. The van der Waals surface area contributed by atoms with E-state index in [-0.39, 0.29) is 0 Å². The molecule has 0 heterocycles. The third-order valence-electron chi connectivity index (χ3n) is 3.26. The van der Waals surface area contributed by atoms with Gasteiger partial charge >= 0.3 is 0 Å². The minimum Gasteiger partial charge on any atom is -0.290 e. The van der Waals surface area contributed by atoms with Crippen LogP contribution in [0.1, 0.15) is 18.9 Å². The van der Waals surface area contributed by atoms with Crippen molar-refractivity contribution in [3.05, 3.63) is 73.0 Å². The largest absolute Gasteiger partial charge is 0.290 e. The maximum Gasteiger partial charge on any atom is 0.137 e. The molecule has 2 aromatic carbocycles. The molecule has 0 radical (unpaired) electrons. The first kappa shape index (κ1) is 14.7. The quantitative estimate of drug-likeness (QED) is 0.480. The van der Waals surface area contributed by atoms with E-state index in [1.54, 1.807) is 23.3 Å². The fourth-order valence-electron chi connectivity index (χ4n) is 2.09. The first-order valence-electron chi connectivity index (χ1n) is 6.91. The van der Waals surface area contributed by atoms with Gasteiger partial charge in [-0.2, -0.15) is 0 Å². The summed E-state index contributed by atoms with van der Waals surface area (Å²) < 4.78 is 0. The summed E-state index contributed by atoms with van der Waals surface area (Å²) in [6.07, 6.45) is 5.65. The number of hydrogen-bond acceptors (Lipinski definition) is 2. The second kappa shape index (κ2) is 6.66. The molecule has 2 aromatic rings. The van der Waals surface area contributed by atoms with Gasteiger partial charge in [0.25, 0.3) is 0 Å². The van der Waals surface area contributed by atoms with Crippen LogP contribution in [0.25, 0.3) is 10.8 Å². The molecule has 2 N–H and O–H groups in total. The Morgan fingerprint density at radius 3 is 2.52 bits per heavy atom. The van der Waals surface area contributed by atoms with Gasteiger partial charge in [-0.15, -0.1) is 0 Å². The molecule has 0 aliphatic rings. The van der Waals surface area contributed by atoms with Crippen LogP contribution in [0.5, 0.6) is 0 Å². The van der Waals surface area contributed by atoms with Crippen LogP contribution in [0.2, 0.25) is 0 Å². The standard InChI is InChI=1S/C18H19N3/c1-3-5-12-21(17(19)4-2)18(20)16-11-10-14-8-6-7-9-15(14)13-16/h3,5-13,19-20H,1,4H2,2H3/b12-5+,19-17?,20-18?. The van der Waals surface area contributed by atoms with Crippen molar-refractivity contribution in [1.82, 2.24) is 4.90 Å². The van der Waals surface area contributed by atoms with Crippen molar-refractivity contribution >= 4 is 22.4 Å². The molecule has 0 aliphatic heterocycles. The van der Waals surface area contributed by atoms with Gasteiger partial charge in [-0.3, -0.25) is 15.7 Å². The van der Waals surface area contributed by atoms with E-state index in [2.05, 4.69) is 6.58 Å². The summed E-state index contributed by atoms with van der Waals surface area (Å²) in [5, 5.41) is 18.6. The van der Waals surface area contributed by atoms with E-state index in [0.29, 0.717) is 18.1 Å². The van der Waals surface area contributed by atoms with Gasteiger partial charge in [-0.05, 0) is 22.9 Å². The average molecular weight is 277 g/mol. The molecule has 21 heavy (non-hydrogen) atoms. The zero-order valence-electron chi connectivity index (χ0n) is 12.1. The molecule has 0 fully saturated rings. The number of allylic oxidation sites excluding steroid dienone is 2. The lowest BCUT2D eigenvalue weighted by atomic mass is 10.1.